The monoisotopic (exact) mass is 614 g/mol. The molecular weight excluding hydrogens is 564 g/mol. The maximum absolute atomic E-state index is 13.3. The molecule has 0 saturated carbocycles. The molecule has 0 radical (unpaired) electrons. The Bertz CT molecular complexity index is 1190. The molecule has 238 valence electrons. The van der Waals surface area contributed by atoms with Gasteiger partial charge in [0.05, 0.1) is 23.2 Å². The molecule has 0 spiro atoms. The number of carbonyl (C=O) groups excluding carboxylic acids is 2. The summed E-state index contributed by atoms with van der Waals surface area (Å²) in [4.78, 5) is 26.5. The molecule has 0 aromatic heterocycles. The molecule has 0 aliphatic heterocycles. The highest BCUT2D eigenvalue weighted by molar-refractivity contribution is 6.56. The third-order valence-electron chi connectivity index (χ3n) is 6.70. The maximum Gasteiger partial charge on any atom is 0.752 e. The van der Waals surface area contributed by atoms with Gasteiger partial charge < -0.3 is 33.9 Å². The summed E-state index contributed by atoms with van der Waals surface area (Å²) in [6, 6.07) is 15.4. The summed E-state index contributed by atoms with van der Waals surface area (Å²) < 4.78 is 30.9. The fraction of sp³-hybridized carbons (Fsp3) is 0.576. The topological polar surface area (TPSA) is 132 Å². The Hall–Kier alpha value is -2.60. The first-order valence-electron chi connectivity index (χ1n) is 15.1. The molecule has 0 unspecified atom stereocenters. The number of hydrogen-bond acceptors (Lipinski definition) is 9. The zero-order chi connectivity index (χ0) is 32.1. The van der Waals surface area contributed by atoms with Crippen LogP contribution in [0, 0.1) is 0 Å². The van der Waals surface area contributed by atoms with Crippen LogP contribution >= 0.6 is 0 Å². The summed E-state index contributed by atoms with van der Waals surface area (Å²) in [6.07, 6.45) is 1.69. The van der Waals surface area contributed by atoms with Crippen molar-refractivity contribution >= 4 is 21.0 Å². The van der Waals surface area contributed by atoms with Crippen LogP contribution in [0.1, 0.15) is 98.1 Å². The lowest BCUT2D eigenvalue weighted by atomic mass is 9.98. The van der Waals surface area contributed by atoms with Gasteiger partial charge in [0.2, 0.25) is 0 Å². The maximum atomic E-state index is 13.3. The van der Waals surface area contributed by atoms with Gasteiger partial charge >= 0.3 is 21.0 Å². The Labute approximate surface area is 258 Å². The molecular formula is C33H50N2O7Si. The number of hydrogen-bond donors (Lipinski definition) is 2. The van der Waals surface area contributed by atoms with E-state index in [2.05, 4.69) is 24.3 Å². The third kappa shape index (κ3) is 10.2. The predicted molar refractivity (Wildman–Crippen MR) is 169 cm³/mol. The minimum Gasteiger partial charge on any atom is -0.465 e. The number of esters is 1. The van der Waals surface area contributed by atoms with Crippen molar-refractivity contribution in [1.82, 2.24) is 0 Å². The number of carbonyl (C=O) groups is 2. The molecule has 9 nitrogen and oxygen atoms in total. The number of ether oxygens (including phenoxy) is 1. The highest BCUT2D eigenvalue weighted by Crippen LogP contribution is 2.44. The van der Waals surface area contributed by atoms with E-state index in [1.165, 1.54) is 0 Å². The van der Waals surface area contributed by atoms with E-state index < -0.39 is 43.8 Å². The Balaban J connectivity index is 1.78. The van der Waals surface area contributed by atoms with Gasteiger partial charge in [-0.1, -0.05) is 55.0 Å². The normalized spacial score (nSPS) is 14.7. The zero-order valence-electron chi connectivity index (χ0n) is 27.0. The summed E-state index contributed by atoms with van der Waals surface area (Å²) in [5.74, 6) is -1.20. The summed E-state index contributed by atoms with van der Waals surface area (Å²) >= 11 is 0. The average molecular weight is 615 g/mol. The van der Waals surface area contributed by atoms with E-state index in [-0.39, 0.29) is 18.9 Å². The smallest absolute Gasteiger partial charge is 0.465 e. The number of unbranched alkanes of at least 4 members (excludes halogenated alkanes) is 1. The lowest BCUT2D eigenvalue weighted by Gasteiger charge is -2.41. The molecule has 0 saturated heterocycles. The van der Waals surface area contributed by atoms with Crippen LogP contribution in [0.3, 0.4) is 0 Å². The van der Waals surface area contributed by atoms with Crippen molar-refractivity contribution in [1.29, 1.82) is 0 Å². The summed E-state index contributed by atoms with van der Waals surface area (Å²) in [6.45, 7) is 15.1. The molecule has 2 aromatic rings. The van der Waals surface area contributed by atoms with Crippen molar-refractivity contribution in [3.63, 3.8) is 0 Å². The van der Waals surface area contributed by atoms with Crippen LogP contribution in [-0.4, -0.2) is 57.0 Å². The lowest BCUT2D eigenvalue weighted by Crippen LogP contribution is -2.62. The van der Waals surface area contributed by atoms with Gasteiger partial charge in [-0.25, -0.2) is 0 Å². The van der Waals surface area contributed by atoms with E-state index >= 15 is 0 Å². The van der Waals surface area contributed by atoms with Crippen LogP contribution in [-0.2, 0) is 32.0 Å². The van der Waals surface area contributed by atoms with Gasteiger partial charge in [0.25, 0.3) is 0 Å². The van der Waals surface area contributed by atoms with Crippen LogP contribution in [0.5, 0.6) is 0 Å². The molecule has 4 N–H and O–H groups in total. The standard InChI is InChI=1S/C33H50N2O7Si/c1-31(2,3)40-43(41-32(4,5)6,39-30(37)28(35)19-13-14-20-34)42-33(7,8)21-29(36)38-22-27-25-17-11-9-15-23(25)24-16-10-12-18-26(24)27/h9-12,15-18,27-28H,13-14,19-22,34-35H2,1-8H3/t28-/m0/s1. The van der Waals surface area contributed by atoms with Crippen LogP contribution in [0.15, 0.2) is 48.5 Å². The SMILES string of the molecule is CC(C)(C)O[Si](OC(=O)[C@@H](N)CCCCN)(OC(C)(C)C)OC(C)(C)CC(=O)OCC1c2ccccc2-c2ccccc21. The molecule has 1 atom stereocenters. The zero-order valence-corrected chi connectivity index (χ0v) is 28.0. The minimum absolute atomic E-state index is 0.0657. The van der Waals surface area contributed by atoms with Crippen molar-refractivity contribution in [3.8, 4) is 11.1 Å². The van der Waals surface area contributed by atoms with E-state index in [1.807, 2.05) is 65.8 Å². The van der Waals surface area contributed by atoms with E-state index in [1.54, 1.807) is 13.8 Å². The van der Waals surface area contributed by atoms with Crippen LogP contribution in [0.2, 0.25) is 0 Å². The number of nitrogens with two attached hydrogens (primary N) is 2. The minimum atomic E-state index is -4.25. The Morgan fingerprint density at radius 3 is 1.81 bits per heavy atom. The van der Waals surface area contributed by atoms with Gasteiger partial charge in [0.1, 0.15) is 12.6 Å². The fourth-order valence-corrected chi connectivity index (χ4v) is 7.99. The van der Waals surface area contributed by atoms with Crippen molar-refractivity contribution in [3.05, 3.63) is 59.7 Å². The predicted octanol–water partition coefficient (Wildman–Crippen LogP) is 5.59. The highest BCUT2D eigenvalue weighted by Gasteiger charge is 2.59. The first-order valence-corrected chi connectivity index (χ1v) is 16.7. The summed E-state index contributed by atoms with van der Waals surface area (Å²) in [5, 5.41) is 0. The first-order chi connectivity index (χ1) is 19.9. The van der Waals surface area contributed by atoms with Crippen molar-refractivity contribution in [2.75, 3.05) is 13.2 Å². The second-order valence-corrected chi connectivity index (χ2v) is 15.5. The molecule has 0 amide bonds. The van der Waals surface area contributed by atoms with Gasteiger partial charge in [-0.2, -0.15) is 0 Å². The second kappa shape index (κ2) is 14.0. The first kappa shape index (κ1) is 34.9. The molecule has 0 fully saturated rings. The summed E-state index contributed by atoms with van der Waals surface area (Å²) in [5.41, 5.74) is 13.5. The van der Waals surface area contributed by atoms with Crippen LogP contribution in [0.4, 0.5) is 0 Å². The Morgan fingerprint density at radius 1 is 0.814 bits per heavy atom. The number of benzene rings is 2. The van der Waals surface area contributed by atoms with Gasteiger partial charge in [-0.15, -0.1) is 0 Å². The largest absolute Gasteiger partial charge is 0.752 e. The highest BCUT2D eigenvalue weighted by atomic mass is 28.4. The fourth-order valence-electron chi connectivity index (χ4n) is 5.09. The van der Waals surface area contributed by atoms with E-state index in [4.69, 9.17) is 33.9 Å². The number of fused-ring (bicyclic) bond motifs is 3. The van der Waals surface area contributed by atoms with E-state index in [9.17, 15) is 9.59 Å². The van der Waals surface area contributed by atoms with Gasteiger partial charge in [-0.3, -0.25) is 9.59 Å². The molecule has 43 heavy (non-hydrogen) atoms. The van der Waals surface area contributed by atoms with Crippen LogP contribution < -0.4 is 11.5 Å². The van der Waals surface area contributed by atoms with Gasteiger partial charge in [0, 0.05) is 5.92 Å². The third-order valence-corrected chi connectivity index (χ3v) is 9.68. The van der Waals surface area contributed by atoms with Crippen molar-refractivity contribution in [2.45, 2.75) is 110 Å². The van der Waals surface area contributed by atoms with Gasteiger partial charge in [-0.05, 0) is 97.0 Å². The molecule has 10 heteroatoms. The molecule has 0 heterocycles. The molecule has 2 aromatic carbocycles. The van der Waals surface area contributed by atoms with Gasteiger partial charge in [0.15, 0.2) is 0 Å². The quantitative estimate of drug-likeness (QED) is 0.159. The molecule has 0 bridgehead atoms. The number of rotatable bonds is 14. The van der Waals surface area contributed by atoms with E-state index in [0.29, 0.717) is 19.4 Å². The second-order valence-electron chi connectivity index (χ2n) is 13.7. The average Bonchev–Trinajstić information content (AvgIpc) is 3.18. The Morgan fingerprint density at radius 2 is 1.33 bits per heavy atom. The summed E-state index contributed by atoms with van der Waals surface area (Å²) in [7, 11) is -4.25. The lowest BCUT2D eigenvalue weighted by molar-refractivity contribution is -0.168. The molecule has 3 rings (SSSR count). The van der Waals surface area contributed by atoms with E-state index in [0.717, 1.165) is 28.7 Å². The molecule has 1 aliphatic carbocycles. The van der Waals surface area contributed by atoms with Crippen molar-refractivity contribution < 1.29 is 32.0 Å². The van der Waals surface area contributed by atoms with Crippen LogP contribution in [0.25, 0.3) is 11.1 Å². The Kier molecular flexibility index (Phi) is 11.4. The molecule has 1 aliphatic rings. The van der Waals surface area contributed by atoms with Crippen molar-refractivity contribution in [2.24, 2.45) is 11.5 Å².